The summed E-state index contributed by atoms with van der Waals surface area (Å²) in [5.74, 6) is -1.76. The van der Waals surface area contributed by atoms with Crippen LogP contribution in [0.5, 0.6) is 0 Å². The normalized spacial score (nSPS) is 12.1. The minimum Gasteiger partial charge on any atom is -0.443 e. The lowest BCUT2D eigenvalue weighted by Gasteiger charge is -2.20. The molecule has 3 aromatic rings. The van der Waals surface area contributed by atoms with Crippen LogP contribution in [-0.2, 0) is 27.3 Å². The summed E-state index contributed by atoms with van der Waals surface area (Å²) >= 11 is 0. The van der Waals surface area contributed by atoms with Gasteiger partial charge in [-0.25, -0.2) is 23.7 Å². The second-order valence-corrected chi connectivity index (χ2v) is 10.6. The predicted octanol–water partition coefficient (Wildman–Crippen LogP) is 4.47. The van der Waals surface area contributed by atoms with E-state index in [1.165, 1.54) is 13.1 Å². The van der Waals surface area contributed by atoms with E-state index in [1.54, 1.807) is 26.8 Å². The van der Waals surface area contributed by atoms with E-state index in [0.29, 0.717) is 12.8 Å². The van der Waals surface area contributed by atoms with Gasteiger partial charge in [0.15, 0.2) is 0 Å². The highest BCUT2D eigenvalue weighted by molar-refractivity contribution is 5.91. The summed E-state index contributed by atoms with van der Waals surface area (Å²) in [4.78, 5) is 58.3. The number of fused-ring (bicyclic) bond motifs is 1. The molecule has 2 N–H and O–H groups in total. The van der Waals surface area contributed by atoms with Gasteiger partial charge in [-0.3, -0.25) is 19.0 Å². The number of aryl methyl sites for hydroxylation is 1. The molecule has 0 spiro atoms. The lowest BCUT2D eigenvalue weighted by atomic mass is 10.1. The Morgan fingerprint density at radius 2 is 1.86 bits per heavy atom. The number of allylic oxidation sites excluding steroid dienone is 1. The average molecular weight is 609 g/mol. The van der Waals surface area contributed by atoms with Gasteiger partial charge in [0.05, 0.1) is 30.1 Å². The molecule has 0 radical (unpaired) electrons. The van der Waals surface area contributed by atoms with E-state index >= 15 is 0 Å². The number of nitrogens with zero attached hydrogens (tertiary/aromatic N) is 4. The molecule has 11 nitrogen and oxygen atoms in total. The number of benzene rings is 1. The predicted molar refractivity (Wildman–Crippen MR) is 149 cm³/mol. The molecule has 0 saturated heterocycles. The van der Waals surface area contributed by atoms with Crippen LogP contribution < -0.4 is 16.2 Å². The summed E-state index contributed by atoms with van der Waals surface area (Å²) in [6.45, 7) is 4.38. The highest BCUT2D eigenvalue weighted by Crippen LogP contribution is 2.28. The molecule has 2 amide bonds. The molecule has 2 heterocycles. The lowest BCUT2D eigenvalue weighted by Crippen LogP contribution is -2.30. The van der Waals surface area contributed by atoms with E-state index in [4.69, 9.17) is 4.74 Å². The Hall–Kier alpha value is -4.56. The first-order chi connectivity index (χ1) is 20.1. The van der Waals surface area contributed by atoms with Crippen LogP contribution in [-0.4, -0.2) is 55.8 Å². The number of imidazole rings is 1. The molecule has 0 aliphatic rings. The molecule has 43 heavy (non-hydrogen) atoms. The molecule has 1 aromatic carbocycles. The molecule has 0 bridgehead atoms. The first-order valence-electron chi connectivity index (χ1n) is 13.3. The number of anilines is 1. The van der Waals surface area contributed by atoms with Gasteiger partial charge in [0, 0.05) is 26.0 Å². The van der Waals surface area contributed by atoms with E-state index in [1.807, 2.05) is 0 Å². The summed E-state index contributed by atoms with van der Waals surface area (Å²) in [7, 11) is 1.49. The number of nitrogens with one attached hydrogen (secondary N) is 2. The van der Waals surface area contributed by atoms with Crippen LogP contribution in [0.1, 0.15) is 57.8 Å². The highest BCUT2D eigenvalue weighted by Gasteiger charge is 2.29. The van der Waals surface area contributed by atoms with Crippen LogP contribution in [0.15, 0.2) is 41.6 Å². The van der Waals surface area contributed by atoms with Crippen LogP contribution in [0.25, 0.3) is 11.0 Å². The number of halogens is 4. The number of hydrogen-bond donors (Lipinski definition) is 2. The largest absolute Gasteiger partial charge is 0.443 e. The zero-order valence-electron chi connectivity index (χ0n) is 24.0. The molecule has 0 atom stereocenters. The Morgan fingerprint density at radius 1 is 1.14 bits per heavy atom. The van der Waals surface area contributed by atoms with Crippen LogP contribution in [0.2, 0.25) is 0 Å². The summed E-state index contributed by atoms with van der Waals surface area (Å²) in [5, 5.41) is 4.91. The molecule has 0 unspecified atom stereocenters. The number of aromatic nitrogens is 4. The number of likely N-dealkylation sites (N-methyl/N-ethyl adjacent to an activating group) is 1. The fourth-order valence-electron chi connectivity index (χ4n) is 4.01. The number of rotatable bonds is 10. The quantitative estimate of drug-likeness (QED) is 0.197. The molecule has 15 heteroatoms. The number of amides is 2. The van der Waals surface area contributed by atoms with Gasteiger partial charge in [0.2, 0.25) is 11.8 Å². The van der Waals surface area contributed by atoms with Gasteiger partial charge >= 0.3 is 12.3 Å². The van der Waals surface area contributed by atoms with E-state index < -0.39 is 54.5 Å². The van der Waals surface area contributed by atoms with Crippen LogP contribution in [0, 0.1) is 5.82 Å². The van der Waals surface area contributed by atoms with Crippen LogP contribution >= 0.6 is 0 Å². The second-order valence-electron chi connectivity index (χ2n) is 10.6. The molecule has 3 rings (SSSR count). The third-order valence-electron chi connectivity index (χ3n) is 5.90. The van der Waals surface area contributed by atoms with E-state index in [0.717, 1.165) is 33.8 Å². The first-order valence-corrected chi connectivity index (χ1v) is 13.3. The van der Waals surface area contributed by atoms with Crippen molar-refractivity contribution in [1.82, 2.24) is 24.4 Å². The molecule has 0 aliphatic heterocycles. The molecule has 232 valence electrons. The van der Waals surface area contributed by atoms with E-state index in [2.05, 4.69) is 20.6 Å². The molecular formula is C28H32F4N6O5. The van der Waals surface area contributed by atoms with Gasteiger partial charge < -0.3 is 15.4 Å². The third kappa shape index (κ3) is 9.48. The number of carbonyl (C=O) groups is 3. The van der Waals surface area contributed by atoms with Crippen molar-refractivity contribution in [1.29, 1.82) is 0 Å². The number of hydrogen-bond acceptors (Lipinski definition) is 7. The van der Waals surface area contributed by atoms with Crippen molar-refractivity contribution in [2.24, 2.45) is 0 Å². The third-order valence-corrected chi connectivity index (χ3v) is 5.90. The van der Waals surface area contributed by atoms with Crippen molar-refractivity contribution in [3.8, 4) is 0 Å². The molecule has 2 aromatic heterocycles. The van der Waals surface area contributed by atoms with Gasteiger partial charge in [-0.2, -0.15) is 13.2 Å². The minimum atomic E-state index is -4.51. The first kappa shape index (κ1) is 32.9. The molecule has 0 fully saturated rings. The van der Waals surface area contributed by atoms with Crippen LogP contribution in [0.4, 0.5) is 28.0 Å². The fraction of sp³-hybridized carbons (Fsp3) is 0.429. The zero-order chi connectivity index (χ0) is 31.9. The van der Waals surface area contributed by atoms with Crippen molar-refractivity contribution in [2.45, 2.75) is 71.2 Å². The Bertz CT molecular complexity index is 1590. The van der Waals surface area contributed by atoms with Gasteiger partial charge in [0.25, 0.3) is 5.56 Å². The smallest absolute Gasteiger partial charge is 0.420 e. The zero-order valence-corrected chi connectivity index (χ0v) is 24.0. The van der Waals surface area contributed by atoms with Gasteiger partial charge in [0.1, 0.15) is 22.9 Å². The Balaban J connectivity index is 1.93. The summed E-state index contributed by atoms with van der Waals surface area (Å²) in [5.41, 5.74) is -2.11. The van der Waals surface area contributed by atoms with Crippen LogP contribution in [0.3, 0.4) is 0 Å². The molecular weight excluding hydrogens is 576 g/mol. The van der Waals surface area contributed by atoms with Gasteiger partial charge in [-0.15, -0.1) is 0 Å². The Morgan fingerprint density at radius 3 is 2.51 bits per heavy atom. The Kier molecular flexibility index (Phi) is 10.4. The maximum absolute atomic E-state index is 14.6. The standard InChI is InChI=1S/C28H32F4N6O5/c1-27(2,3)43-26(42)38-20-13-18(29)12-17(10-11-28(30,31)32)24(20)36-21(38)15-37-16-34-14-19(25(37)41)35-23(40)9-7-5-6-8-22(39)33-4/h6,8,12-14,16H,5,7,9-11,15H2,1-4H3,(H,33,39)(H,35,40)/b8-6+. The van der Waals surface area contributed by atoms with E-state index in [9.17, 15) is 36.7 Å². The SMILES string of the molecule is CNC(=O)/C=C/CCCC(=O)Nc1cncn(Cc2nc3c(CCC(F)(F)F)cc(F)cc3n2C(=O)OC(C)(C)C)c1=O. The summed E-state index contributed by atoms with van der Waals surface area (Å²) in [6, 6.07) is 1.87. The van der Waals surface area contributed by atoms with Crippen molar-refractivity contribution >= 4 is 34.6 Å². The fourth-order valence-corrected chi connectivity index (χ4v) is 4.01. The molecule has 0 aliphatic carbocycles. The Labute approximate surface area is 243 Å². The van der Waals surface area contributed by atoms with Crippen molar-refractivity contribution in [2.75, 3.05) is 12.4 Å². The van der Waals surface area contributed by atoms with E-state index in [-0.39, 0.29) is 40.4 Å². The summed E-state index contributed by atoms with van der Waals surface area (Å²) in [6.07, 6.45) is -1.19. The number of alkyl halides is 3. The number of ether oxygens (including phenoxy) is 1. The number of carbonyl (C=O) groups excluding carboxylic acids is 3. The van der Waals surface area contributed by atoms with Crippen molar-refractivity contribution in [3.05, 3.63) is 64.4 Å². The minimum absolute atomic E-state index is 0.0487. The van der Waals surface area contributed by atoms with Crippen molar-refractivity contribution < 1.29 is 36.7 Å². The lowest BCUT2D eigenvalue weighted by molar-refractivity contribution is -0.134. The maximum Gasteiger partial charge on any atom is 0.420 e. The number of unbranched alkanes of at least 4 members (excludes halogenated alkanes) is 1. The van der Waals surface area contributed by atoms with Crippen molar-refractivity contribution in [3.63, 3.8) is 0 Å². The average Bonchev–Trinajstić information content (AvgIpc) is 3.25. The van der Waals surface area contributed by atoms with Gasteiger partial charge in [-0.1, -0.05) is 6.08 Å². The van der Waals surface area contributed by atoms with Gasteiger partial charge in [-0.05, 0) is 57.7 Å². The monoisotopic (exact) mass is 608 g/mol. The maximum atomic E-state index is 14.6. The summed E-state index contributed by atoms with van der Waals surface area (Å²) < 4.78 is 60.8. The topological polar surface area (TPSA) is 137 Å². The molecule has 0 saturated carbocycles. The highest BCUT2D eigenvalue weighted by atomic mass is 19.4. The second kappa shape index (κ2) is 13.6.